The molecule has 0 spiro atoms. The Bertz CT molecular complexity index is 363. The van der Waals surface area contributed by atoms with Crippen molar-refractivity contribution in [2.75, 3.05) is 6.61 Å². The van der Waals surface area contributed by atoms with Crippen LogP contribution in [0.4, 0.5) is 13.2 Å². The van der Waals surface area contributed by atoms with Gasteiger partial charge in [-0.1, -0.05) is 23.2 Å². The van der Waals surface area contributed by atoms with E-state index >= 15 is 0 Å². The Morgan fingerprint density at radius 2 is 1.87 bits per heavy atom. The molecule has 0 amide bonds. The summed E-state index contributed by atoms with van der Waals surface area (Å²) in [5, 5.41) is -0.678. The van der Waals surface area contributed by atoms with Crippen LogP contribution in [0.3, 0.4) is 0 Å². The molecule has 0 N–H and O–H groups in total. The first-order valence-electron chi connectivity index (χ1n) is 4.06. The number of rotatable bonds is 2. The number of hydrogen-bond donors (Lipinski definition) is 0. The van der Waals surface area contributed by atoms with Crippen LogP contribution in [0, 0.1) is 0 Å². The van der Waals surface area contributed by atoms with E-state index in [1.807, 2.05) is 0 Å². The van der Waals surface area contributed by atoms with E-state index in [2.05, 4.69) is 0 Å². The predicted octanol–water partition coefficient (Wildman–Crippen LogP) is 4.41. The molecule has 1 aromatic rings. The van der Waals surface area contributed by atoms with E-state index in [0.29, 0.717) is 0 Å². The molecule has 1 aromatic carbocycles. The summed E-state index contributed by atoms with van der Waals surface area (Å²) >= 11 is 11.0. The summed E-state index contributed by atoms with van der Waals surface area (Å²) in [5.41, 5.74) is -1.03. The topological polar surface area (TPSA) is 9.23 Å². The normalized spacial score (nSPS) is 11.6. The molecule has 0 fully saturated rings. The van der Waals surface area contributed by atoms with E-state index in [0.717, 1.165) is 6.07 Å². The smallest absolute Gasteiger partial charge is 0.421 e. The van der Waals surface area contributed by atoms with Crippen LogP contribution in [-0.2, 0) is 6.18 Å². The summed E-state index contributed by atoms with van der Waals surface area (Å²) in [5.74, 6) is -0.306. The van der Waals surface area contributed by atoms with Crippen LogP contribution >= 0.6 is 23.2 Å². The first kappa shape index (κ1) is 12.5. The summed E-state index contributed by atoms with van der Waals surface area (Å²) in [7, 11) is 0. The maximum absolute atomic E-state index is 12.6. The van der Waals surface area contributed by atoms with Crippen molar-refractivity contribution in [3.63, 3.8) is 0 Å². The van der Waals surface area contributed by atoms with Crippen molar-refractivity contribution in [2.24, 2.45) is 0 Å². The average Bonchev–Trinajstić information content (AvgIpc) is 2.10. The molecule has 6 heteroatoms. The fraction of sp³-hybridized carbons (Fsp3) is 0.333. The molecule has 1 nitrogen and oxygen atoms in total. The molecular weight excluding hydrogens is 252 g/mol. The zero-order chi connectivity index (χ0) is 11.6. The predicted molar refractivity (Wildman–Crippen MR) is 52.6 cm³/mol. The molecule has 0 saturated carbocycles. The van der Waals surface area contributed by atoms with Gasteiger partial charge in [0.15, 0.2) is 0 Å². The zero-order valence-electron chi connectivity index (χ0n) is 7.66. The van der Waals surface area contributed by atoms with Gasteiger partial charge in [-0.2, -0.15) is 13.2 Å². The van der Waals surface area contributed by atoms with Gasteiger partial charge in [0, 0.05) is 0 Å². The van der Waals surface area contributed by atoms with Crippen LogP contribution < -0.4 is 4.74 Å². The molecule has 0 aliphatic heterocycles. The molecule has 0 aliphatic carbocycles. The molecule has 0 bridgehead atoms. The van der Waals surface area contributed by atoms with E-state index in [1.165, 1.54) is 6.07 Å². The van der Waals surface area contributed by atoms with E-state index in [1.54, 1.807) is 6.92 Å². The molecule has 0 aromatic heterocycles. The number of hydrogen-bond acceptors (Lipinski definition) is 1. The minimum atomic E-state index is -4.58. The van der Waals surface area contributed by atoms with Crippen LogP contribution in [0.1, 0.15) is 12.5 Å². The van der Waals surface area contributed by atoms with Gasteiger partial charge in [0.1, 0.15) is 11.3 Å². The van der Waals surface area contributed by atoms with Gasteiger partial charge in [-0.3, -0.25) is 0 Å². The second kappa shape index (κ2) is 4.49. The van der Waals surface area contributed by atoms with E-state index in [9.17, 15) is 13.2 Å². The SMILES string of the molecule is CCOc1ccc(Cl)c(Cl)c1C(F)(F)F. The highest BCUT2D eigenvalue weighted by Gasteiger charge is 2.37. The van der Waals surface area contributed by atoms with Gasteiger partial charge in [0.25, 0.3) is 0 Å². The van der Waals surface area contributed by atoms with Crippen molar-refractivity contribution in [1.82, 2.24) is 0 Å². The molecular formula is C9H7Cl2F3O. The fourth-order valence-corrected chi connectivity index (χ4v) is 1.49. The second-order valence-corrected chi connectivity index (χ2v) is 3.45. The van der Waals surface area contributed by atoms with Gasteiger partial charge >= 0.3 is 6.18 Å². The van der Waals surface area contributed by atoms with Crippen molar-refractivity contribution >= 4 is 23.2 Å². The lowest BCUT2D eigenvalue weighted by atomic mass is 10.2. The summed E-state index contributed by atoms with van der Waals surface area (Å²) in [6, 6.07) is 2.42. The molecule has 0 radical (unpaired) electrons. The van der Waals surface area contributed by atoms with Crippen LogP contribution in [-0.4, -0.2) is 6.61 Å². The highest BCUT2D eigenvalue weighted by Crippen LogP contribution is 2.43. The molecule has 15 heavy (non-hydrogen) atoms. The van der Waals surface area contributed by atoms with Gasteiger partial charge in [0.05, 0.1) is 16.7 Å². The lowest BCUT2D eigenvalue weighted by molar-refractivity contribution is -0.138. The minimum Gasteiger partial charge on any atom is -0.493 e. The highest BCUT2D eigenvalue weighted by atomic mass is 35.5. The lowest BCUT2D eigenvalue weighted by Crippen LogP contribution is -2.09. The Kier molecular flexibility index (Phi) is 3.73. The van der Waals surface area contributed by atoms with E-state index in [4.69, 9.17) is 27.9 Å². The first-order valence-corrected chi connectivity index (χ1v) is 4.81. The summed E-state index contributed by atoms with van der Waals surface area (Å²) in [6.07, 6.45) is -4.58. The maximum atomic E-state index is 12.6. The number of halogens is 5. The Morgan fingerprint density at radius 3 is 2.33 bits per heavy atom. The molecule has 1 rings (SSSR count). The van der Waals surface area contributed by atoms with Crippen molar-refractivity contribution in [3.05, 3.63) is 27.7 Å². The lowest BCUT2D eigenvalue weighted by Gasteiger charge is -2.15. The standard InChI is InChI=1S/C9H7Cl2F3O/c1-2-15-6-4-3-5(10)8(11)7(6)9(12,13)14/h3-4H,2H2,1H3. The van der Waals surface area contributed by atoms with Crippen LogP contribution in [0.15, 0.2) is 12.1 Å². The van der Waals surface area contributed by atoms with Gasteiger partial charge in [-0.05, 0) is 19.1 Å². The Balaban J connectivity index is 3.35. The fourth-order valence-electron chi connectivity index (χ4n) is 1.07. The Labute approximate surface area is 94.7 Å². The van der Waals surface area contributed by atoms with Gasteiger partial charge in [-0.15, -0.1) is 0 Å². The Morgan fingerprint density at radius 1 is 1.27 bits per heavy atom. The summed E-state index contributed by atoms with van der Waals surface area (Å²) in [6.45, 7) is 1.71. The monoisotopic (exact) mass is 258 g/mol. The Hall–Kier alpha value is -0.610. The third-order valence-corrected chi connectivity index (χ3v) is 2.44. The zero-order valence-corrected chi connectivity index (χ0v) is 9.17. The van der Waals surface area contributed by atoms with E-state index in [-0.39, 0.29) is 17.4 Å². The van der Waals surface area contributed by atoms with Crippen molar-refractivity contribution < 1.29 is 17.9 Å². The van der Waals surface area contributed by atoms with Gasteiger partial charge in [-0.25, -0.2) is 0 Å². The van der Waals surface area contributed by atoms with Crippen LogP contribution in [0.5, 0.6) is 5.75 Å². The third kappa shape index (κ3) is 2.69. The number of alkyl halides is 3. The van der Waals surface area contributed by atoms with Crippen molar-refractivity contribution in [1.29, 1.82) is 0 Å². The van der Waals surface area contributed by atoms with E-state index < -0.39 is 16.8 Å². The molecule has 0 atom stereocenters. The number of ether oxygens (including phenoxy) is 1. The molecule has 0 saturated heterocycles. The maximum Gasteiger partial charge on any atom is 0.421 e. The molecule has 84 valence electrons. The van der Waals surface area contributed by atoms with Gasteiger partial charge < -0.3 is 4.74 Å². The quantitative estimate of drug-likeness (QED) is 0.764. The first-order chi connectivity index (χ1) is 6.88. The largest absolute Gasteiger partial charge is 0.493 e. The third-order valence-electron chi connectivity index (χ3n) is 1.64. The highest BCUT2D eigenvalue weighted by molar-refractivity contribution is 6.42. The van der Waals surface area contributed by atoms with Crippen LogP contribution in [0.2, 0.25) is 10.0 Å². The van der Waals surface area contributed by atoms with Crippen molar-refractivity contribution in [2.45, 2.75) is 13.1 Å². The minimum absolute atomic E-state index is 0.126. The van der Waals surface area contributed by atoms with Crippen molar-refractivity contribution in [3.8, 4) is 5.75 Å². The second-order valence-electron chi connectivity index (χ2n) is 2.67. The number of benzene rings is 1. The summed E-state index contributed by atoms with van der Waals surface area (Å²) < 4.78 is 42.6. The molecule has 0 heterocycles. The molecule has 0 aliphatic rings. The van der Waals surface area contributed by atoms with Gasteiger partial charge in [0.2, 0.25) is 0 Å². The van der Waals surface area contributed by atoms with Crippen LogP contribution in [0.25, 0.3) is 0 Å². The average molecular weight is 259 g/mol. The summed E-state index contributed by atoms with van der Waals surface area (Å²) in [4.78, 5) is 0. The molecule has 0 unspecified atom stereocenters.